The molecule has 166 valence electrons. The molecule has 1 saturated heterocycles. The van der Waals surface area contributed by atoms with E-state index in [1.54, 1.807) is 45.8 Å². The summed E-state index contributed by atoms with van der Waals surface area (Å²) in [6, 6.07) is 9.76. The number of aliphatic imine (C=N–C) groups is 1. The van der Waals surface area contributed by atoms with Gasteiger partial charge in [0, 0.05) is 45.0 Å². The summed E-state index contributed by atoms with van der Waals surface area (Å²) < 4.78 is 10.7. The molecule has 1 aliphatic rings. The third-order valence-corrected chi connectivity index (χ3v) is 5.02. The molecule has 31 heavy (non-hydrogen) atoms. The van der Waals surface area contributed by atoms with Crippen LogP contribution < -0.4 is 25.4 Å². The summed E-state index contributed by atoms with van der Waals surface area (Å²) >= 11 is 0. The molecule has 9 nitrogen and oxygen atoms in total. The van der Waals surface area contributed by atoms with Gasteiger partial charge in [0.25, 0.3) is 0 Å². The number of benzene rings is 1. The van der Waals surface area contributed by atoms with E-state index < -0.39 is 0 Å². The third-order valence-electron chi connectivity index (χ3n) is 5.02. The van der Waals surface area contributed by atoms with Crippen LogP contribution in [0.25, 0.3) is 0 Å². The van der Waals surface area contributed by atoms with Gasteiger partial charge in [-0.2, -0.15) is 0 Å². The number of nitrogens with zero attached hydrogens (tertiary/aromatic N) is 3. The largest absolute Gasteiger partial charge is 0.497 e. The molecule has 1 unspecified atom stereocenters. The molecule has 3 rings (SSSR count). The molecular formula is C22H30N6O3. The predicted molar refractivity (Wildman–Crippen MR) is 121 cm³/mol. The molecule has 1 aromatic heterocycles. The molecule has 1 atom stereocenters. The van der Waals surface area contributed by atoms with Crippen LogP contribution in [0.15, 0.2) is 47.7 Å². The fourth-order valence-electron chi connectivity index (χ4n) is 3.50. The third kappa shape index (κ3) is 6.85. The zero-order valence-corrected chi connectivity index (χ0v) is 18.2. The van der Waals surface area contributed by atoms with Crippen LogP contribution in [-0.4, -0.2) is 68.7 Å². The number of likely N-dealkylation sites (tertiary alicyclic amines) is 1. The van der Waals surface area contributed by atoms with Gasteiger partial charge in [0.1, 0.15) is 11.5 Å². The van der Waals surface area contributed by atoms with Crippen LogP contribution in [-0.2, 0) is 11.3 Å². The monoisotopic (exact) mass is 426 g/mol. The zero-order valence-electron chi connectivity index (χ0n) is 18.2. The average Bonchev–Trinajstić information content (AvgIpc) is 3.23. The van der Waals surface area contributed by atoms with Crippen LogP contribution in [0.3, 0.4) is 0 Å². The number of carbonyl (C=O) groups excluding carboxylic acids is 1. The molecule has 0 radical (unpaired) electrons. The van der Waals surface area contributed by atoms with E-state index >= 15 is 0 Å². The van der Waals surface area contributed by atoms with Gasteiger partial charge in [0.05, 0.1) is 32.6 Å². The van der Waals surface area contributed by atoms with E-state index in [9.17, 15) is 4.79 Å². The van der Waals surface area contributed by atoms with Crippen molar-refractivity contribution in [3.8, 4) is 11.5 Å². The Kier molecular flexibility index (Phi) is 8.05. The van der Waals surface area contributed by atoms with E-state index in [4.69, 9.17) is 9.47 Å². The van der Waals surface area contributed by atoms with Gasteiger partial charge >= 0.3 is 0 Å². The Labute approximate surface area is 182 Å². The number of carbonyl (C=O) groups is 1. The number of rotatable bonds is 8. The standard InChI is InChI=1S/C22H30N6O3/c1-23-22(25-13-21(29)26-17-5-4-7-24-12-17)27-18-6-8-28(15-18)14-16-9-19(30-2)11-20(10-16)31-3/h4-5,7,9-12,18H,6,8,13-15H2,1-3H3,(H,26,29)(H2,23,25,27). The highest BCUT2D eigenvalue weighted by Gasteiger charge is 2.23. The summed E-state index contributed by atoms with van der Waals surface area (Å²) in [6.45, 7) is 2.78. The Bertz CT molecular complexity index is 868. The molecule has 2 heterocycles. The van der Waals surface area contributed by atoms with Crippen LogP contribution >= 0.6 is 0 Å². The molecule has 1 aliphatic heterocycles. The second-order valence-corrected chi connectivity index (χ2v) is 7.30. The maximum absolute atomic E-state index is 12.1. The summed E-state index contributed by atoms with van der Waals surface area (Å²) in [5.74, 6) is 2.03. The first-order chi connectivity index (χ1) is 15.1. The number of aromatic nitrogens is 1. The number of guanidine groups is 1. The van der Waals surface area contributed by atoms with E-state index in [1.807, 2.05) is 18.2 Å². The van der Waals surface area contributed by atoms with E-state index in [1.165, 1.54) is 0 Å². The number of pyridine rings is 1. The lowest BCUT2D eigenvalue weighted by atomic mass is 10.2. The molecular weight excluding hydrogens is 396 g/mol. The second kappa shape index (κ2) is 11.2. The van der Waals surface area contributed by atoms with Gasteiger partial charge in [0.15, 0.2) is 5.96 Å². The van der Waals surface area contributed by atoms with Gasteiger partial charge in [0.2, 0.25) is 5.91 Å². The summed E-state index contributed by atoms with van der Waals surface area (Å²) in [4.78, 5) is 22.7. The predicted octanol–water partition coefficient (Wildman–Crippen LogP) is 1.48. The lowest BCUT2D eigenvalue weighted by Crippen LogP contribution is -2.46. The average molecular weight is 427 g/mol. The summed E-state index contributed by atoms with van der Waals surface area (Å²) in [5.41, 5.74) is 1.81. The van der Waals surface area contributed by atoms with Crippen molar-refractivity contribution < 1.29 is 14.3 Å². The van der Waals surface area contributed by atoms with Crippen molar-refractivity contribution in [3.05, 3.63) is 48.3 Å². The zero-order chi connectivity index (χ0) is 22.1. The highest BCUT2D eigenvalue weighted by molar-refractivity contribution is 5.94. The lowest BCUT2D eigenvalue weighted by Gasteiger charge is -2.19. The molecule has 0 saturated carbocycles. The maximum Gasteiger partial charge on any atom is 0.243 e. The first-order valence-corrected chi connectivity index (χ1v) is 10.2. The van der Waals surface area contributed by atoms with Gasteiger partial charge < -0.3 is 25.4 Å². The van der Waals surface area contributed by atoms with Crippen LogP contribution in [0.1, 0.15) is 12.0 Å². The number of nitrogens with one attached hydrogen (secondary N) is 3. The Morgan fingerprint density at radius 2 is 2.03 bits per heavy atom. The number of hydrogen-bond donors (Lipinski definition) is 3. The number of anilines is 1. The maximum atomic E-state index is 12.1. The van der Waals surface area contributed by atoms with Gasteiger partial charge in [-0.25, -0.2) is 0 Å². The minimum Gasteiger partial charge on any atom is -0.497 e. The van der Waals surface area contributed by atoms with Crippen molar-refractivity contribution in [2.45, 2.75) is 19.0 Å². The molecule has 1 fully saturated rings. The van der Waals surface area contributed by atoms with Crippen molar-refractivity contribution in [3.63, 3.8) is 0 Å². The lowest BCUT2D eigenvalue weighted by molar-refractivity contribution is -0.115. The molecule has 9 heteroatoms. The van der Waals surface area contributed by atoms with E-state index in [0.717, 1.165) is 43.1 Å². The highest BCUT2D eigenvalue weighted by Crippen LogP contribution is 2.24. The fourth-order valence-corrected chi connectivity index (χ4v) is 3.50. The summed E-state index contributed by atoms with van der Waals surface area (Å²) in [5, 5.41) is 9.26. The van der Waals surface area contributed by atoms with Crippen LogP contribution in [0, 0.1) is 0 Å². The van der Waals surface area contributed by atoms with Crippen LogP contribution in [0.4, 0.5) is 5.69 Å². The van der Waals surface area contributed by atoms with E-state index in [0.29, 0.717) is 11.6 Å². The van der Waals surface area contributed by atoms with Gasteiger partial charge in [-0.1, -0.05) is 0 Å². The molecule has 2 aromatic rings. The second-order valence-electron chi connectivity index (χ2n) is 7.30. The van der Waals surface area contributed by atoms with Crippen molar-refractivity contribution >= 4 is 17.6 Å². The van der Waals surface area contributed by atoms with Crippen molar-refractivity contribution in [2.24, 2.45) is 4.99 Å². The van der Waals surface area contributed by atoms with Crippen LogP contribution in [0.2, 0.25) is 0 Å². The van der Waals surface area contributed by atoms with Crippen molar-refractivity contribution in [1.82, 2.24) is 20.5 Å². The van der Waals surface area contributed by atoms with E-state index in [-0.39, 0.29) is 18.5 Å². The first kappa shape index (κ1) is 22.4. The summed E-state index contributed by atoms with van der Waals surface area (Å²) in [7, 11) is 5.01. The normalized spacial score (nSPS) is 16.6. The molecule has 0 bridgehead atoms. The van der Waals surface area contributed by atoms with Crippen molar-refractivity contribution in [2.75, 3.05) is 46.2 Å². The van der Waals surface area contributed by atoms with E-state index in [2.05, 4.69) is 30.8 Å². The highest BCUT2D eigenvalue weighted by atomic mass is 16.5. The smallest absolute Gasteiger partial charge is 0.243 e. The topological polar surface area (TPSA) is 100 Å². The SMILES string of the molecule is CN=C(NCC(=O)Nc1cccnc1)NC1CCN(Cc2cc(OC)cc(OC)c2)C1. The molecule has 3 N–H and O–H groups in total. The Hall–Kier alpha value is -3.33. The summed E-state index contributed by atoms with van der Waals surface area (Å²) in [6.07, 6.45) is 4.26. The first-order valence-electron chi connectivity index (χ1n) is 10.2. The molecule has 1 aromatic carbocycles. The Morgan fingerprint density at radius 1 is 1.26 bits per heavy atom. The van der Waals surface area contributed by atoms with Gasteiger partial charge in [-0.05, 0) is 36.2 Å². The molecule has 0 spiro atoms. The Morgan fingerprint density at radius 3 is 2.68 bits per heavy atom. The van der Waals surface area contributed by atoms with Crippen molar-refractivity contribution in [1.29, 1.82) is 0 Å². The number of ether oxygens (including phenoxy) is 2. The van der Waals surface area contributed by atoms with Gasteiger partial charge in [-0.15, -0.1) is 0 Å². The number of methoxy groups -OCH3 is 2. The number of amides is 1. The minimum atomic E-state index is -0.157. The quantitative estimate of drug-likeness (QED) is 0.434. The fraction of sp³-hybridized carbons (Fsp3) is 0.409. The molecule has 0 aliphatic carbocycles. The van der Waals surface area contributed by atoms with Gasteiger partial charge in [-0.3, -0.25) is 19.7 Å². The number of hydrogen-bond acceptors (Lipinski definition) is 6. The minimum absolute atomic E-state index is 0.120. The Balaban J connectivity index is 1.45. The molecule has 1 amide bonds. The van der Waals surface area contributed by atoms with Crippen LogP contribution in [0.5, 0.6) is 11.5 Å².